The number of Topliss-reactive ketones (excluding diaryl/α,β-unsaturated/α-hetero) is 1. The zero-order chi connectivity index (χ0) is 11.1. The van der Waals surface area contributed by atoms with Crippen molar-refractivity contribution in [2.45, 2.75) is 39.2 Å². The molecule has 0 aromatic carbocycles. The van der Waals surface area contributed by atoms with Crippen LogP contribution in [-0.4, -0.2) is 22.9 Å². The van der Waals surface area contributed by atoms with Gasteiger partial charge in [0.1, 0.15) is 5.69 Å². The van der Waals surface area contributed by atoms with Crippen molar-refractivity contribution in [3.05, 3.63) is 11.1 Å². The molecule has 0 atom stereocenters. The lowest BCUT2D eigenvalue weighted by atomic mass is 10.0. The second-order valence-corrected chi connectivity index (χ2v) is 5.48. The van der Waals surface area contributed by atoms with Gasteiger partial charge in [-0.2, -0.15) is 0 Å². The molecule has 1 fully saturated rings. The molecule has 1 saturated heterocycles. The Labute approximate surface area is 94.1 Å². The van der Waals surface area contributed by atoms with Crippen LogP contribution in [0.15, 0.2) is 5.38 Å². The maximum atomic E-state index is 11.2. The molecular weight excluding hydrogens is 208 g/mol. The maximum Gasteiger partial charge on any atom is 0.186 e. The van der Waals surface area contributed by atoms with Gasteiger partial charge in [0.15, 0.2) is 10.9 Å². The largest absolute Gasteiger partial charge is 0.343 e. The first-order valence-corrected chi connectivity index (χ1v) is 6.13. The van der Waals surface area contributed by atoms with Crippen molar-refractivity contribution in [1.29, 1.82) is 0 Å². The Balaban J connectivity index is 2.26. The highest BCUT2D eigenvalue weighted by molar-refractivity contribution is 7.14. The maximum absolute atomic E-state index is 11.2. The molecule has 0 bridgehead atoms. The Bertz CT molecular complexity index is 384. The zero-order valence-corrected chi connectivity index (χ0v) is 10.2. The third-order valence-corrected chi connectivity index (χ3v) is 3.85. The molecular formula is C11H16N2OS. The summed E-state index contributed by atoms with van der Waals surface area (Å²) in [5.41, 5.74) is 0.782. The summed E-state index contributed by atoms with van der Waals surface area (Å²) < 4.78 is 0. The highest BCUT2D eigenvalue weighted by atomic mass is 32.1. The highest BCUT2D eigenvalue weighted by Gasteiger charge is 2.33. The number of aromatic nitrogens is 1. The van der Waals surface area contributed by atoms with Gasteiger partial charge in [-0.15, -0.1) is 11.3 Å². The van der Waals surface area contributed by atoms with Gasteiger partial charge in [-0.25, -0.2) is 4.98 Å². The van der Waals surface area contributed by atoms with Gasteiger partial charge in [0.25, 0.3) is 0 Å². The van der Waals surface area contributed by atoms with Gasteiger partial charge in [-0.3, -0.25) is 4.79 Å². The van der Waals surface area contributed by atoms with Crippen LogP contribution in [-0.2, 0) is 0 Å². The second-order valence-electron chi connectivity index (χ2n) is 4.64. The van der Waals surface area contributed by atoms with E-state index in [0.29, 0.717) is 5.69 Å². The summed E-state index contributed by atoms with van der Waals surface area (Å²) in [6.45, 7) is 7.08. The number of nitrogens with zero attached hydrogens (tertiary/aromatic N) is 2. The Morgan fingerprint density at radius 2 is 2.33 bits per heavy atom. The summed E-state index contributed by atoms with van der Waals surface area (Å²) in [7, 11) is 0. The Morgan fingerprint density at radius 3 is 2.80 bits per heavy atom. The van der Waals surface area contributed by atoms with E-state index in [2.05, 4.69) is 23.7 Å². The molecule has 0 radical (unpaired) electrons. The number of rotatable bonds is 2. The van der Waals surface area contributed by atoms with Crippen LogP contribution in [0.3, 0.4) is 0 Å². The second kappa shape index (κ2) is 3.59. The van der Waals surface area contributed by atoms with E-state index in [9.17, 15) is 4.79 Å². The van der Waals surface area contributed by atoms with E-state index < -0.39 is 0 Å². The predicted octanol–water partition coefficient (Wildman–Crippen LogP) is 2.72. The van der Waals surface area contributed by atoms with Crippen molar-refractivity contribution in [3.63, 3.8) is 0 Å². The molecule has 0 N–H and O–H groups in total. The lowest BCUT2D eigenvalue weighted by Crippen LogP contribution is -2.38. The first kappa shape index (κ1) is 10.6. The molecule has 0 saturated carbocycles. The first-order chi connectivity index (χ1) is 7.00. The van der Waals surface area contributed by atoms with Crippen LogP contribution < -0.4 is 4.90 Å². The fourth-order valence-electron chi connectivity index (χ4n) is 2.01. The first-order valence-electron chi connectivity index (χ1n) is 5.25. The molecule has 2 rings (SSSR count). The third-order valence-electron chi connectivity index (χ3n) is 2.98. The molecule has 4 heteroatoms. The molecule has 1 aliphatic rings. The lowest BCUT2D eigenvalue weighted by molar-refractivity contribution is 0.101. The average Bonchev–Trinajstić information content (AvgIpc) is 2.69. The third kappa shape index (κ3) is 1.91. The number of anilines is 1. The summed E-state index contributed by atoms with van der Waals surface area (Å²) >= 11 is 1.57. The molecule has 0 spiro atoms. The van der Waals surface area contributed by atoms with Crippen molar-refractivity contribution in [1.82, 2.24) is 4.98 Å². The normalized spacial score (nSPS) is 19.5. The lowest BCUT2D eigenvalue weighted by Gasteiger charge is -2.31. The minimum atomic E-state index is 0.0505. The van der Waals surface area contributed by atoms with E-state index in [-0.39, 0.29) is 11.3 Å². The number of hydrogen-bond donors (Lipinski definition) is 0. The Morgan fingerprint density at radius 1 is 1.60 bits per heavy atom. The number of thiazole rings is 1. The molecule has 0 amide bonds. The smallest absolute Gasteiger partial charge is 0.186 e. The molecule has 15 heavy (non-hydrogen) atoms. The molecule has 0 aliphatic carbocycles. The van der Waals surface area contributed by atoms with E-state index in [1.807, 2.05) is 5.38 Å². The fourth-order valence-corrected chi connectivity index (χ4v) is 3.06. The van der Waals surface area contributed by atoms with Gasteiger partial charge >= 0.3 is 0 Å². The quantitative estimate of drug-likeness (QED) is 0.724. The van der Waals surface area contributed by atoms with Gasteiger partial charge in [-0.1, -0.05) is 0 Å². The van der Waals surface area contributed by atoms with Crippen molar-refractivity contribution in [2.24, 2.45) is 0 Å². The predicted molar refractivity (Wildman–Crippen MR) is 62.8 cm³/mol. The number of hydrogen-bond acceptors (Lipinski definition) is 4. The minimum Gasteiger partial charge on any atom is -0.343 e. The van der Waals surface area contributed by atoms with Gasteiger partial charge < -0.3 is 4.90 Å². The molecule has 1 aromatic rings. The molecule has 82 valence electrons. The van der Waals surface area contributed by atoms with E-state index >= 15 is 0 Å². The van der Waals surface area contributed by atoms with E-state index in [1.165, 1.54) is 12.8 Å². The van der Waals surface area contributed by atoms with Gasteiger partial charge in [-0.05, 0) is 26.7 Å². The van der Waals surface area contributed by atoms with Gasteiger partial charge in [0.05, 0.1) is 0 Å². The molecule has 3 nitrogen and oxygen atoms in total. The molecule has 1 aliphatic heterocycles. The van der Waals surface area contributed by atoms with Gasteiger partial charge in [0, 0.05) is 24.4 Å². The number of carbonyl (C=O) groups excluding carboxylic acids is 1. The van der Waals surface area contributed by atoms with E-state index in [1.54, 1.807) is 18.3 Å². The van der Waals surface area contributed by atoms with Crippen LogP contribution in [0.4, 0.5) is 5.13 Å². The average molecular weight is 224 g/mol. The Kier molecular flexibility index (Phi) is 2.54. The van der Waals surface area contributed by atoms with Crippen LogP contribution >= 0.6 is 11.3 Å². The van der Waals surface area contributed by atoms with Crippen molar-refractivity contribution < 1.29 is 4.79 Å². The summed E-state index contributed by atoms with van der Waals surface area (Å²) in [5.74, 6) is 0.0505. The monoisotopic (exact) mass is 224 g/mol. The van der Waals surface area contributed by atoms with Crippen molar-refractivity contribution in [2.75, 3.05) is 11.4 Å². The summed E-state index contributed by atoms with van der Waals surface area (Å²) in [4.78, 5) is 17.9. The number of ketones is 1. The van der Waals surface area contributed by atoms with Crippen LogP contribution in [0.2, 0.25) is 0 Å². The zero-order valence-electron chi connectivity index (χ0n) is 9.41. The molecule has 0 unspecified atom stereocenters. The Hall–Kier alpha value is -0.900. The highest BCUT2D eigenvalue weighted by Crippen LogP contribution is 2.35. The molecule has 1 aromatic heterocycles. The van der Waals surface area contributed by atoms with Crippen LogP contribution in [0.1, 0.15) is 44.1 Å². The topological polar surface area (TPSA) is 33.2 Å². The fraction of sp³-hybridized carbons (Fsp3) is 0.636. The SMILES string of the molecule is CC(=O)c1csc(N2CCCC2(C)C)n1. The summed E-state index contributed by atoms with van der Waals surface area (Å²) in [6.07, 6.45) is 2.41. The van der Waals surface area contributed by atoms with Crippen LogP contribution in [0.5, 0.6) is 0 Å². The van der Waals surface area contributed by atoms with Gasteiger partial charge in [0.2, 0.25) is 0 Å². The summed E-state index contributed by atoms with van der Waals surface area (Å²) in [6, 6.07) is 0. The van der Waals surface area contributed by atoms with E-state index in [0.717, 1.165) is 11.7 Å². The minimum absolute atomic E-state index is 0.0505. The summed E-state index contributed by atoms with van der Waals surface area (Å²) in [5, 5.41) is 2.84. The van der Waals surface area contributed by atoms with Crippen LogP contribution in [0.25, 0.3) is 0 Å². The molecule has 2 heterocycles. The van der Waals surface area contributed by atoms with Crippen LogP contribution in [0, 0.1) is 0 Å². The van der Waals surface area contributed by atoms with Crippen molar-refractivity contribution in [3.8, 4) is 0 Å². The van der Waals surface area contributed by atoms with Crippen molar-refractivity contribution >= 4 is 22.3 Å². The van der Waals surface area contributed by atoms with E-state index in [4.69, 9.17) is 0 Å². The standard InChI is InChI=1S/C11H16N2OS/c1-8(14)9-7-15-10(12-9)13-6-4-5-11(13,2)3/h7H,4-6H2,1-3H3. The number of carbonyl (C=O) groups is 1.